The van der Waals surface area contributed by atoms with Gasteiger partial charge in [0, 0.05) is 32.4 Å². The third-order valence-corrected chi connectivity index (χ3v) is 4.74. The van der Waals surface area contributed by atoms with E-state index < -0.39 is 0 Å². The molecule has 25 heavy (non-hydrogen) atoms. The molecule has 0 saturated heterocycles. The van der Waals surface area contributed by atoms with Crippen LogP contribution in [0.4, 0.5) is 5.13 Å². The highest BCUT2D eigenvalue weighted by molar-refractivity contribution is 7.15. The van der Waals surface area contributed by atoms with Crippen LogP contribution in [0.5, 0.6) is 0 Å². The summed E-state index contributed by atoms with van der Waals surface area (Å²) in [6.07, 6.45) is 7.63. The Hall–Kier alpha value is -1.50. The van der Waals surface area contributed by atoms with E-state index in [1.165, 1.54) is 24.2 Å². The predicted octanol–water partition coefficient (Wildman–Crippen LogP) is 4.03. The van der Waals surface area contributed by atoms with Crippen LogP contribution in [0.1, 0.15) is 77.1 Å². The minimum absolute atomic E-state index is 0.0957. The molecule has 7 heteroatoms. The zero-order valence-electron chi connectivity index (χ0n) is 15.8. The van der Waals surface area contributed by atoms with E-state index in [1.807, 2.05) is 4.90 Å². The highest BCUT2D eigenvalue weighted by atomic mass is 32.1. The molecule has 0 atom stereocenters. The molecule has 0 aliphatic heterocycles. The number of carbonyl (C=O) groups excluding carboxylic acids is 2. The highest BCUT2D eigenvalue weighted by Gasteiger charge is 2.13. The van der Waals surface area contributed by atoms with E-state index in [0.29, 0.717) is 24.4 Å². The fourth-order valence-electron chi connectivity index (χ4n) is 2.57. The van der Waals surface area contributed by atoms with Gasteiger partial charge in [0.1, 0.15) is 5.01 Å². The van der Waals surface area contributed by atoms with Gasteiger partial charge in [0.05, 0.1) is 0 Å². The van der Waals surface area contributed by atoms with Gasteiger partial charge in [0.25, 0.3) is 0 Å². The number of nitrogens with one attached hydrogen (secondary N) is 1. The van der Waals surface area contributed by atoms with Gasteiger partial charge in [-0.25, -0.2) is 0 Å². The lowest BCUT2D eigenvalue weighted by Crippen LogP contribution is -2.32. The molecule has 0 saturated carbocycles. The van der Waals surface area contributed by atoms with Crippen molar-refractivity contribution in [3.05, 3.63) is 5.01 Å². The molecule has 0 spiro atoms. The number of unbranched alkanes of at least 4 members (excludes halogenated alkanes) is 2. The molecule has 0 fully saturated rings. The fraction of sp³-hybridized carbons (Fsp3) is 0.778. The molecule has 1 aromatic heterocycles. The number of hydrogen-bond acceptors (Lipinski definition) is 5. The first-order chi connectivity index (χ1) is 12.1. The molecule has 0 aliphatic carbocycles. The van der Waals surface area contributed by atoms with Crippen LogP contribution in [0.25, 0.3) is 0 Å². The number of hydrogen-bond donors (Lipinski definition) is 1. The molecular weight excluding hydrogens is 336 g/mol. The van der Waals surface area contributed by atoms with Crippen molar-refractivity contribution in [1.29, 1.82) is 0 Å². The summed E-state index contributed by atoms with van der Waals surface area (Å²) in [6.45, 7) is 7.90. The quantitative estimate of drug-likeness (QED) is 0.533. The van der Waals surface area contributed by atoms with Crippen LogP contribution < -0.4 is 5.32 Å². The summed E-state index contributed by atoms with van der Waals surface area (Å²) in [4.78, 5) is 26.0. The van der Waals surface area contributed by atoms with Crippen LogP contribution in [-0.4, -0.2) is 40.0 Å². The standard InChI is InChI=1S/C18H32N4O2S/c1-4-7-8-11-16-20-21-18(25-16)19-15(23)10-9-12-17(24)22(13-5-2)14-6-3/h4-14H2,1-3H3,(H,19,21,23). The zero-order valence-corrected chi connectivity index (χ0v) is 16.7. The molecule has 0 aliphatic rings. The third kappa shape index (κ3) is 8.95. The van der Waals surface area contributed by atoms with Crippen LogP contribution in [0.2, 0.25) is 0 Å². The summed E-state index contributed by atoms with van der Waals surface area (Å²) < 4.78 is 0. The average molecular weight is 369 g/mol. The topological polar surface area (TPSA) is 75.2 Å². The van der Waals surface area contributed by atoms with Crippen molar-refractivity contribution < 1.29 is 9.59 Å². The lowest BCUT2D eigenvalue weighted by atomic mass is 10.2. The van der Waals surface area contributed by atoms with Gasteiger partial charge in [0.2, 0.25) is 16.9 Å². The summed E-state index contributed by atoms with van der Waals surface area (Å²) in [5.74, 6) is 0.0483. The molecule has 6 nitrogen and oxygen atoms in total. The maximum atomic E-state index is 12.2. The van der Waals surface area contributed by atoms with Crippen molar-refractivity contribution in [3.8, 4) is 0 Å². The Kier molecular flexibility index (Phi) is 11.0. The molecule has 1 heterocycles. The van der Waals surface area contributed by atoms with E-state index in [9.17, 15) is 9.59 Å². The Balaban J connectivity index is 2.29. The summed E-state index contributed by atoms with van der Waals surface area (Å²) >= 11 is 1.44. The molecule has 1 rings (SSSR count). The molecule has 0 radical (unpaired) electrons. The number of amides is 2. The number of nitrogens with zero attached hydrogens (tertiary/aromatic N) is 3. The van der Waals surface area contributed by atoms with E-state index in [4.69, 9.17) is 0 Å². The van der Waals surface area contributed by atoms with Crippen molar-refractivity contribution >= 4 is 28.3 Å². The van der Waals surface area contributed by atoms with Crippen LogP contribution in [-0.2, 0) is 16.0 Å². The first kappa shape index (κ1) is 21.5. The second-order valence-corrected chi connectivity index (χ2v) is 7.30. The SMILES string of the molecule is CCCCCc1nnc(NC(=O)CCCC(=O)N(CCC)CCC)s1. The van der Waals surface area contributed by atoms with E-state index in [0.717, 1.165) is 43.8 Å². The maximum Gasteiger partial charge on any atom is 0.226 e. The molecule has 0 bridgehead atoms. The highest BCUT2D eigenvalue weighted by Crippen LogP contribution is 2.18. The van der Waals surface area contributed by atoms with Gasteiger partial charge in [-0.2, -0.15) is 0 Å². The molecule has 1 N–H and O–H groups in total. The number of carbonyl (C=O) groups is 2. The van der Waals surface area contributed by atoms with Crippen molar-refractivity contribution in [3.63, 3.8) is 0 Å². The van der Waals surface area contributed by atoms with Crippen LogP contribution in [0.3, 0.4) is 0 Å². The normalized spacial score (nSPS) is 10.7. The number of aryl methyl sites for hydroxylation is 1. The summed E-state index contributed by atoms with van der Waals surface area (Å²) in [5.41, 5.74) is 0. The van der Waals surface area contributed by atoms with Gasteiger partial charge in [-0.1, -0.05) is 44.9 Å². The van der Waals surface area contributed by atoms with Gasteiger partial charge >= 0.3 is 0 Å². The van der Waals surface area contributed by atoms with Crippen molar-refractivity contribution in [1.82, 2.24) is 15.1 Å². The Morgan fingerprint density at radius 2 is 1.68 bits per heavy atom. The smallest absolute Gasteiger partial charge is 0.226 e. The van der Waals surface area contributed by atoms with E-state index in [-0.39, 0.29) is 11.8 Å². The fourth-order valence-corrected chi connectivity index (χ4v) is 3.37. The lowest BCUT2D eigenvalue weighted by Gasteiger charge is -2.21. The van der Waals surface area contributed by atoms with Gasteiger partial charge < -0.3 is 10.2 Å². The van der Waals surface area contributed by atoms with Crippen LogP contribution in [0, 0.1) is 0 Å². The van der Waals surface area contributed by atoms with Gasteiger partial charge in [-0.3, -0.25) is 9.59 Å². The third-order valence-electron chi connectivity index (χ3n) is 3.84. The molecule has 0 aromatic carbocycles. The Labute approximate surface area is 155 Å². The monoisotopic (exact) mass is 368 g/mol. The first-order valence-electron chi connectivity index (χ1n) is 9.50. The van der Waals surface area contributed by atoms with Crippen molar-refractivity contribution in [2.45, 2.75) is 78.6 Å². The molecule has 2 amide bonds. The minimum Gasteiger partial charge on any atom is -0.343 e. The zero-order chi connectivity index (χ0) is 18.5. The van der Waals surface area contributed by atoms with Crippen LogP contribution in [0.15, 0.2) is 0 Å². The van der Waals surface area contributed by atoms with E-state index in [1.54, 1.807) is 0 Å². The summed E-state index contributed by atoms with van der Waals surface area (Å²) in [5, 5.41) is 12.4. The number of aromatic nitrogens is 2. The number of rotatable bonds is 13. The van der Waals surface area contributed by atoms with Gasteiger partial charge in [-0.05, 0) is 25.7 Å². The average Bonchev–Trinajstić information content (AvgIpc) is 3.02. The van der Waals surface area contributed by atoms with Crippen LogP contribution >= 0.6 is 11.3 Å². The predicted molar refractivity (Wildman–Crippen MR) is 103 cm³/mol. The molecular formula is C18H32N4O2S. The molecule has 0 unspecified atom stereocenters. The Morgan fingerprint density at radius 1 is 0.960 bits per heavy atom. The Bertz CT molecular complexity index is 513. The van der Waals surface area contributed by atoms with Crippen molar-refractivity contribution in [2.24, 2.45) is 0 Å². The van der Waals surface area contributed by atoms with Gasteiger partial charge in [-0.15, -0.1) is 10.2 Å². The second-order valence-electron chi connectivity index (χ2n) is 6.24. The second kappa shape index (κ2) is 12.8. The van der Waals surface area contributed by atoms with E-state index >= 15 is 0 Å². The van der Waals surface area contributed by atoms with Gasteiger partial charge in [0.15, 0.2) is 0 Å². The maximum absolute atomic E-state index is 12.2. The van der Waals surface area contributed by atoms with E-state index in [2.05, 4.69) is 36.3 Å². The Morgan fingerprint density at radius 3 is 2.32 bits per heavy atom. The largest absolute Gasteiger partial charge is 0.343 e. The minimum atomic E-state index is -0.0957. The summed E-state index contributed by atoms with van der Waals surface area (Å²) in [7, 11) is 0. The summed E-state index contributed by atoms with van der Waals surface area (Å²) in [6, 6.07) is 0. The number of anilines is 1. The lowest BCUT2D eigenvalue weighted by molar-refractivity contribution is -0.131. The first-order valence-corrected chi connectivity index (χ1v) is 10.3. The molecule has 142 valence electrons. The molecule has 1 aromatic rings. The van der Waals surface area contributed by atoms with Crippen molar-refractivity contribution in [2.75, 3.05) is 18.4 Å².